The summed E-state index contributed by atoms with van der Waals surface area (Å²) in [4.78, 5) is 15.1. The molecule has 2 rings (SSSR count). The molecule has 1 amide bonds. The first kappa shape index (κ1) is 15.4. The molecule has 0 atom stereocenters. The molecule has 1 aromatic heterocycles. The molecule has 106 valence electrons. The van der Waals surface area contributed by atoms with E-state index in [0.717, 1.165) is 13.7 Å². The molecule has 0 saturated heterocycles. The number of hydrogen-bond acceptors (Lipinski definition) is 3. The molecule has 0 saturated carbocycles. The Morgan fingerprint density at radius 3 is 2.75 bits per heavy atom. The third-order valence-corrected chi connectivity index (χ3v) is 4.47. The molecule has 0 unspecified atom stereocenters. The highest BCUT2D eigenvalue weighted by molar-refractivity contribution is 9.10. The second-order valence-corrected chi connectivity index (χ2v) is 6.93. The van der Waals surface area contributed by atoms with Crippen LogP contribution in [0.3, 0.4) is 0 Å². The predicted octanol–water partition coefficient (Wildman–Crippen LogP) is 4.44. The monoisotopic (exact) mass is 373 g/mol. The fourth-order valence-electron chi connectivity index (χ4n) is 1.79. The number of ether oxygens (including phenoxy) is 1. The summed E-state index contributed by atoms with van der Waals surface area (Å²) in [5, 5.41) is 0. The predicted molar refractivity (Wildman–Crippen MR) is 85.8 cm³/mol. The molecule has 0 spiro atoms. The van der Waals surface area contributed by atoms with Crippen LogP contribution in [0.5, 0.6) is 5.75 Å². The van der Waals surface area contributed by atoms with Crippen LogP contribution in [-0.2, 0) is 6.54 Å². The Hall–Kier alpha value is -1.04. The zero-order valence-electron chi connectivity index (χ0n) is 11.0. The van der Waals surface area contributed by atoms with E-state index < -0.39 is 0 Å². The van der Waals surface area contributed by atoms with Crippen LogP contribution < -0.4 is 4.74 Å². The average molecular weight is 375 g/mol. The van der Waals surface area contributed by atoms with Crippen molar-refractivity contribution in [2.24, 2.45) is 0 Å². The summed E-state index contributed by atoms with van der Waals surface area (Å²) in [7, 11) is 3.31. The van der Waals surface area contributed by atoms with Gasteiger partial charge in [-0.15, -0.1) is 11.3 Å². The van der Waals surface area contributed by atoms with Crippen molar-refractivity contribution in [3.63, 3.8) is 0 Å². The first-order chi connectivity index (χ1) is 9.51. The van der Waals surface area contributed by atoms with Gasteiger partial charge in [-0.05, 0) is 30.3 Å². The Morgan fingerprint density at radius 2 is 2.15 bits per heavy atom. The summed E-state index contributed by atoms with van der Waals surface area (Å²) in [6, 6.07) is 9.12. The summed E-state index contributed by atoms with van der Waals surface area (Å²) in [6.45, 7) is 0.523. The summed E-state index contributed by atoms with van der Waals surface area (Å²) in [5.74, 6) is 0.472. The summed E-state index contributed by atoms with van der Waals surface area (Å²) in [5.41, 5.74) is 0.542. The molecule has 6 heteroatoms. The van der Waals surface area contributed by atoms with E-state index in [9.17, 15) is 4.79 Å². The number of halogens is 2. The molecular formula is C14H13BrClNO2S. The molecule has 0 aliphatic carbocycles. The first-order valence-corrected chi connectivity index (χ1v) is 7.83. The van der Waals surface area contributed by atoms with Gasteiger partial charge in [0.05, 0.1) is 23.6 Å². The van der Waals surface area contributed by atoms with Crippen molar-refractivity contribution in [3.05, 3.63) is 49.6 Å². The van der Waals surface area contributed by atoms with Crippen LogP contribution in [0, 0.1) is 0 Å². The minimum atomic E-state index is -0.0844. The van der Waals surface area contributed by atoms with Gasteiger partial charge in [-0.3, -0.25) is 4.79 Å². The van der Waals surface area contributed by atoms with Gasteiger partial charge in [-0.1, -0.05) is 27.5 Å². The van der Waals surface area contributed by atoms with E-state index in [4.69, 9.17) is 16.3 Å². The molecular weight excluding hydrogens is 362 g/mol. The zero-order chi connectivity index (χ0) is 14.7. The maximum Gasteiger partial charge on any atom is 0.257 e. The van der Waals surface area contributed by atoms with Crippen LogP contribution in [0.2, 0.25) is 4.34 Å². The summed E-state index contributed by atoms with van der Waals surface area (Å²) in [6.07, 6.45) is 0. The lowest BCUT2D eigenvalue weighted by atomic mass is 10.1. The Kier molecular flexibility index (Phi) is 5.07. The molecule has 2 aromatic rings. The number of benzene rings is 1. The van der Waals surface area contributed by atoms with E-state index in [1.54, 1.807) is 31.2 Å². The van der Waals surface area contributed by atoms with Gasteiger partial charge in [0, 0.05) is 16.4 Å². The standard InChI is InChI=1S/C14H13BrClNO2S/c1-17(8-10-4-6-13(16)20-10)14(18)11-5-3-9(15)7-12(11)19-2/h3-7H,8H2,1-2H3. The van der Waals surface area contributed by atoms with Gasteiger partial charge in [0.25, 0.3) is 5.91 Å². The average Bonchev–Trinajstić information content (AvgIpc) is 2.83. The molecule has 0 aliphatic heterocycles. The molecule has 0 bridgehead atoms. The topological polar surface area (TPSA) is 29.5 Å². The van der Waals surface area contributed by atoms with Gasteiger partial charge in [-0.2, -0.15) is 0 Å². The summed E-state index contributed by atoms with van der Waals surface area (Å²) >= 11 is 10.7. The van der Waals surface area contributed by atoms with Crippen LogP contribution in [0.4, 0.5) is 0 Å². The molecule has 0 fully saturated rings. The highest BCUT2D eigenvalue weighted by Crippen LogP contribution is 2.26. The van der Waals surface area contributed by atoms with Crippen LogP contribution >= 0.6 is 38.9 Å². The first-order valence-electron chi connectivity index (χ1n) is 5.84. The van der Waals surface area contributed by atoms with E-state index in [-0.39, 0.29) is 5.91 Å². The van der Waals surface area contributed by atoms with Crippen molar-refractivity contribution in [1.29, 1.82) is 0 Å². The molecule has 3 nitrogen and oxygen atoms in total. The van der Waals surface area contributed by atoms with Gasteiger partial charge in [0.15, 0.2) is 0 Å². The number of thiophene rings is 1. The Bertz CT molecular complexity index is 629. The maximum atomic E-state index is 12.4. The van der Waals surface area contributed by atoms with E-state index in [1.165, 1.54) is 11.3 Å². The lowest BCUT2D eigenvalue weighted by Gasteiger charge is -2.18. The van der Waals surface area contributed by atoms with Crippen molar-refractivity contribution in [2.75, 3.05) is 14.2 Å². The Morgan fingerprint density at radius 1 is 1.40 bits per heavy atom. The molecule has 1 heterocycles. The van der Waals surface area contributed by atoms with Crippen LogP contribution in [-0.4, -0.2) is 25.0 Å². The third kappa shape index (κ3) is 3.53. The third-order valence-electron chi connectivity index (χ3n) is 2.76. The number of methoxy groups -OCH3 is 1. The van der Waals surface area contributed by atoms with Crippen molar-refractivity contribution in [2.45, 2.75) is 6.54 Å². The number of carbonyl (C=O) groups excluding carboxylic acids is 1. The fraction of sp³-hybridized carbons (Fsp3) is 0.214. The van der Waals surface area contributed by atoms with Crippen molar-refractivity contribution >= 4 is 44.8 Å². The fourth-order valence-corrected chi connectivity index (χ4v) is 3.27. The molecule has 0 N–H and O–H groups in total. The van der Waals surface area contributed by atoms with E-state index in [1.807, 2.05) is 18.2 Å². The number of rotatable bonds is 4. The maximum absolute atomic E-state index is 12.4. The lowest BCUT2D eigenvalue weighted by Crippen LogP contribution is -2.26. The van der Waals surface area contributed by atoms with Crippen molar-refractivity contribution < 1.29 is 9.53 Å². The van der Waals surface area contributed by atoms with E-state index in [0.29, 0.717) is 17.9 Å². The Labute approximate surface area is 135 Å². The van der Waals surface area contributed by atoms with Gasteiger partial charge >= 0.3 is 0 Å². The van der Waals surface area contributed by atoms with E-state index >= 15 is 0 Å². The highest BCUT2D eigenvalue weighted by Gasteiger charge is 2.17. The highest BCUT2D eigenvalue weighted by atomic mass is 79.9. The second kappa shape index (κ2) is 6.61. The minimum Gasteiger partial charge on any atom is -0.496 e. The molecule has 0 radical (unpaired) electrons. The smallest absolute Gasteiger partial charge is 0.257 e. The second-order valence-electron chi connectivity index (χ2n) is 4.21. The largest absolute Gasteiger partial charge is 0.496 e. The Balaban J connectivity index is 2.18. The van der Waals surface area contributed by atoms with Crippen molar-refractivity contribution in [3.8, 4) is 5.75 Å². The number of carbonyl (C=O) groups is 1. The van der Waals surface area contributed by atoms with Crippen molar-refractivity contribution in [1.82, 2.24) is 4.90 Å². The minimum absolute atomic E-state index is 0.0844. The SMILES string of the molecule is COc1cc(Br)ccc1C(=O)N(C)Cc1ccc(Cl)s1. The number of amides is 1. The van der Waals surface area contributed by atoms with Gasteiger partial charge in [-0.25, -0.2) is 0 Å². The molecule has 1 aromatic carbocycles. The quantitative estimate of drug-likeness (QED) is 0.791. The van der Waals surface area contributed by atoms with Crippen LogP contribution in [0.25, 0.3) is 0 Å². The molecule has 20 heavy (non-hydrogen) atoms. The lowest BCUT2D eigenvalue weighted by molar-refractivity contribution is 0.0783. The normalized spacial score (nSPS) is 10.4. The number of nitrogens with zero attached hydrogens (tertiary/aromatic N) is 1. The van der Waals surface area contributed by atoms with Gasteiger partial charge < -0.3 is 9.64 Å². The van der Waals surface area contributed by atoms with Crippen LogP contribution in [0.15, 0.2) is 34.8 Å². The van der Waals surface area contributed by atoms with E-state index in [2.05, 4.69) is 15.9 Å². The zero-order valence-corrected chi connectivity index (χ0v) is 14.2. The van der Waals surface area contributed by atoms with Gasteiger partial charge in [0.1, 0.15) is 5.75 Å². The van der Waals surface area contributed by atoms with Crippen LogP contribution in [0.1, 0.15) is 15.2 Å². The summed E-state index contributed by atoms with van der Waals surface area (Å²) < 4.78 is 6.85. The van der Waals surface area contributed by atoms with Gasteiger partial charge in [0.2, 0.25) is 0 Å². The number of hydrogen-bond donors (Lipinski definition) is 0. The molecule has 0 aliphatic rings.